The Bertz CT molecular complexity index is 1100. The third-order valence-corrected chi connectivity index (χ3v) is 5.01. The molecular weight excluding hydrogens is 434 g/mol. The summed E-state index contributed by atoms with van der Waals surface area (Å²) in [6, 6.07) is 21.7. The molecular formula is C27H29NO6. The number of carbonyl (C=O) groups is 2. The Morgan fingerprint density at radius 1 is 0.941 bits per heavy atom. The van der Waals surface area contributed by atoms with Gasteiger partial charge in [-0.1, -0.05) is 30.3 Å². The summed E-state index contributed by atoms with van der Waals surface area (Å²) in [5.41, 5.74) is 2.01. The predicted molar refractivity (Wildman–Crippen MR) is 128 cm³/mol. The van der Waals surface area contributed by atoms with Gasteiger partial charge in [-0.2, -0.15) is 0 Å². The maximum atomic E-state index is 12.7. The lowest BCUT2D eigenvalue weighted by Gasteiger charge is -2.18. The highest BCUT2D eigenvalue weighted by Gasteiger charge is 2.21. The summed E-state index contributed by atoms with van der Waals surface area (Å²) >= 11 is 0. The molecule has 1 amide bonds. The van der Waals surface area contributed by atoms with Crippen molar-refractivity contribution in [3.63, 3.8) is 0 Å². The van der Waals surface area contributed by atoms with Crippen LogP contribution in [0.5, 0.6) is 17.2 Å². The van der Waals surface area contributed by atoms with Crippen molar-refractivity contribution in [2.45, 2.75) is 39.0 Å². The minimum atomic E-state index is -1.01. The van der Waals surface area contributed by atoms with Crippen molar-refractivity contribution in [1.29, 1.82) is 0 Å². The Kier molecular flexibility index (Phi) is 8.65. The van der Waals surface area contributed by atoms with Gasteiger partial charge in [-0.05, 0) is 61.9 Å². The molecule has 0 heterocycles. The Morgan fingerprint density at radius 2 is 1.62 bits per heavy atom. The number of para-hydroxylation sites is 1. The molecule has 1 atom stereocenters. The molecule has 0 radical (unpaired) electrons. The number of rotatable bonds is 11. The van der Waals surface area contributed by atoms with Crippen LogP contribution in [0.15, 0.2) is 72.8 Å². The van der Waals surface area contributed by atoms with E-state index in [0.29, 0.717) is 17.1 Å². The smallest absolute Gasteiger partial charge is 0.333 e. The average Bonchev–Trinajstić information content (AvgIpc) is 2.83. The number of nitrogens with one attached hydrogen (secondary N) is 1. The zero-order valence-corrected chi connectivity index (χ0v) is 19.5. The van der Waals surface area contributed by atoms with Crippen molar-refractivity contribution in [2.24, 2.45) is 0 Å². The molecule has 3 aromatic carbocycles. The SMILES string of the molecule is COc1ccc(CC(OC(C)C)C(=O)O)cc1CNC(=O)c1ccc(Oc2ccccc2)cc1. The van der Waals surface area contributed by atoms with E-state index in [1.165, 1.54) is 0 Å². The predicted octanol–water partition coefficient (Wildman–Crippen LogP) is 4.84. The van der Waals surface area contributed by atoms with Gasteiger partial charge in [0.1, 0.15) is 17.2 Å². The van der Waals surface area contributed by atoms with E-state index in [9.17, 15) is 14.7 Å². The van der Waals surface area contributed by atoms with Gasteiger partial charge in [0.2, 0.25) is 0 Å². The van der Waals surface area contributed by atoms with Crippen LogP contribution in [-0.2, 0) is 22.5 Å². The van der Waals surface area contributed by atoms with Crippen molar-refractivity contribution in [2.75, 3.05) is 7.11 Å². The molecule has 0 spiro atoms. The standard InChI is InChI=1S/C27H29NO6/c1-18(2)33-25(27(30)31)16-19-9-14-24(32-3)21(15-19)17-28-26(29)20-10-12-23(13-11-20)34-22-7-5-4-6-8-22/h4-15,18,25H,16-17H2,1-3H3,(H,28,29)(H,30,31). The summed E-state index contributed by atoms with van der Waals surface area (Å²) in [5.74, 6) is 0.695. The Morgan fingerprint density at radius 3 is 2.24 bits per heavy atom. The summed E-state index contributed by atoms with van der Waals surface area (Å²) < 4.78 is 16.7. The van der Waals surface area contributed by atoms with Gasteiger partial charge in [-0.3, -0.25) is 4.79 Å². The first kappa shape index (κ1) is 24.8. The number of carboxylic acids is 1. The fourth-order valence-corrected chi connectivity index (χ4v) is 3.41. The maximum Gasteiger partial charge on any atom is 0.333 e. The fourth-order valence-electron chi connectivity index (χ4n) is 3.41. The van der Waals surface area contributed by atoms with E-state index in [2.05, 4.69) is 5.32 Å². The Balaban J connectivity index is 1.64. The van der Waals surface area contributed by atoms with Gasteiger partial charge in [0.15, 0.2) is 6.10 Å². The highest BCUT2D eigenvalue weighted by Crippen LogP contribution is 2.23. The molecule has 2 N–H and O–H groups in total. The summed E-state index contributed by atoms with van der Waals surface area (Å²) in [6.45, 7) is 3.82. The number of ether oxygens (including phenoxy) is 3. The van der Waals surface area contributed by atoms with E-state index in [-0.39, 0.29) is 25.0 Å². The third-order valence-electron chi connectivity index (χ3n) is 5.01. The Labute approximate surface area is 199 Å². The number of amides is 1. The van der Waals surface area contributed by atoms with Crippen molar-refractivity contribution in [3.8, 4) is 17.2 Å². The topological polar surface area (TPSA) is 94.1 Å². The van der Waals surface area contributed by atoms with Crippen molar-refractivity contribution in [1.82, 2.24) is 5.32 Å². The normalized spacial score (nSPS) is 11.6. The molecule has 178 valence electrons. The first-order valence-corrected chi connectivity index (χ1v) is 11.0. The van der Waals surface area contributed by atoms with Gasteiger partial charge in [-0.15, -0.1) is 0 Å². The van der Waals surface area contributed by atoms with Gasteiger partial charge in [0, 0.05) is 24.1 Å². The molecule has 0 saturated heterocycles. The monoisotopic (exact) mass is 463 g/mol. The lowest BCUT2D eigenvalue weighted by molar-refractivity contribution is -0.153. The van der Waals surface area contributed by atoms with Crippen LogP contribution in [0.2, 0.25) is 0 Å². The largest absolute Gasteiger partial charge is 0.496 e. The summed E-state index contributed by atoms with van der Waals surface area (Å²) in [7, 11) is 1.55. The fraction of sp³-hybridized carbons (Fsp3) is 0.259. The molecule has 0 aliphatic heterocycles. The molecule has 0 aliphatic rings. The maximum absolute atomic E-state index is 12.7. The third kappa shape index (κ3) is 7.08. The molecule has 7 heteroatoms. The van der Waals surface area contributed by atoms with E-state index in [1.807, 2.05) is 36.4 Å². The van der Waals surface area contributed by atoms with E-state index >= 15 is 0 Å². The van der Waals surface area contributed by atoms with Crippen LogP contribution in [0.4, 0.5) is 0 Å². The van der Waals surface area contributed by atoms with Crippen LogP contribution in [0.3, 0.4) is 0 Å². The summed E-state index contributed by atoms with van der Waals surface area (Å²) in [6.07, 6.45) is -0.948. The number of hydrogen-bond donors (Lipinski definition) is 2. The highest BCUT2D eigenvalue weighted by atomic mass is 16.5. The molecule has 0 aromatic heterocycles. The minimum absolute atomic E-state index is 0.206. The highest BCUT2D eigenvalue weighted by molar-refractivity contribution is 5.94. The number of carboxylic acid groups (broad SMARTS) is 1. The second kappa shape index (κ2) is 11.9. The van der Waals surface area contributed by atoms with Crippen LogP contribution in [0.25, 0.3) is 0 Å². The van der Waals surface area contributed by atoms with Crippen LogP contribution in [0, 0.1) is 0 Å². The van der Waals surface area contributed by atoms with E-state index in [0.717, 1.165) is 16.9 Å². The number of carbonyl (C=O) groups excluding carboxylic acids is 1. The van der Waals surface area contributed by atoms with Crippen molar-refractivity contribution in [3.05, 3.63) is 89.5 Å². The van der Waals surface area contributed by atoms with Gasteiger partial charge in [0.05, 0.1) is 13.2 Å². The lowest BCUT2D eigenvalue weighted by Crippen LogP contribution is -2.29. The zero-order valence-electron chi connectivity index (χ0n) is 19.5. The molecule has 3 rings (SSSR count). The number of hydrogen-bond acceptors (Lipinski definition) is 5. The first-order chi connectivity index (χ1) is 16.4. The van der Waals surface area contributed by atoms with Gasteiger partial charge < -0.3 is 24.6 Å². The van der Waals surface area contributed by atoms with E-state index in [4.69, 9.17) is 14.2 Å². The zero-order chi connectivity index (χ0) is 24.5. The average molecular weight is 464 g/mol. The molecule has 0 bridgehead atoms. The second-order valence-corrected chi connectivity index (χ2v) is 7.98. The van der Waals surface area contributed by atoms with Crippen LogP contribution in [0.1, 0.15) is 35.3 Å². The summed E-state index contributed by atoms with van der Waals surface area (Å²) in [4.78, 5) is 24.2. The molecule has 0 saturated carbocycles. The van der Waals surface area contributed by atoms with Gasteiger partial charge >= 0.3 is 5.97 Å². The molecule has 0 aliphatic carbocycles. The summed E-state index contributed by atoms with van der Waals surface area (Å²) in [5, 5.41) is 12.3. The molecule has 0 fully saturated rings. The number of benzene rings is 3. The molecule has 7 nitrogen and oxygen atoms in total. The van der Waals surface area contributed by atoms with Crippen LogP contribution < -0.4 is 14.8 Å². The van der Waals surface area contributed by atoms with Crippen LogP contribution >= 0.6 is 0 Å². The van der Waals surface area contributed by atoms with E-state index < -0.39 is 12.1 Å². The minimum Gasteiger partial charge on any atom is -0.496 e. The van der Waals surface area contributed by atoms with E-state index in [1.54, 1.807) is 57.4 Å². The van der Waals surface area contributed by atoms with Gasteiger partial charge in [-0.25, -0.2) is 4.79 Å². The first-order valence-electron chi connectivity index (χ1n) is 11.0. The Hall–Kier alpha value is -3.84. The van der Waals surface area contributed by atoms with Crippen molar-refractivity contribution < 1.29 is 28.9 Å². The lowest BCUT2D eigenvalue weighted by atomic mass is 10.0. The quantitative estimate of drug-likeness (QED) is 0.423. The number of aliphatic carboxylic acids is 1. The van der Waals surface area contributed by atoms with Crippen molar-refractivity contribution >= 4 is 11.9 Å². The molecule has 3 aromatic rings. The molecule has 34 heavy (non-hydrogen) atoms. The van der Waals surface area contributed by atoms with Crippen LogP contribution in [-0.4, -0.2) is 36.3 Å². The second-order valence-electron chi connectivity index (χ2n) is 7.98. The number of methoxy groups -OCH3 is 1. The van der Waals surface area contributed by atoms with Gasteiger partial charge in [0.25, 0.3) is 5.91 Å². The molecule has 1 unspecified atom stereocenters.